The first-order chi connectivity index (χ1) is 10.5. The van der Waals surface area contributed by atoms with Gasteiger partial charge in [-0.25, -0.2) is 8.42 Å². The standard InChI is InChI=1S/C15H14N2O4S/c18-14-6-5-10(9-16-14)15(19)17-12-7-8-22(20,21)13-4-2-1-3-11(12)13/h1-6,9,12H,7-8H2,(H,16,18)(H,17,19)/t12-/m1/s1. The summed E-state index contributed by atoms with van der Waals surface area (Å²) in [4.78, 5) is 25.9. The number of rotatable bonds is 2. The minimum Gasteiger partial charge on any atom is -0.345 e. The molecule has 114 valence electrons. The fourth-order valence-corrected chi connectivity index (χ4v) is 4.15. The first kappa shape index (κ1) is 14.5. The van der Waals surface area contributed by atoms with Crippen LogP contribution in [0.25, 0.3) is 0 Å². The number of nitrogens with one attached hydrogen (secondary N) is 2. The number of fused-ring (bicyclic) bond motifs is 1. The normalized spacial score (nSPS) is 19.2. The molecule has 1 aromatic heterocycles. The third-order valence-electron chi connectivity index (χ3n) is 3.66. The Morgan fingerprint density at radius 1 is 1.18 bits per heavy atom. The predicted octanol–water partition coefficient (Wildman–Crippen LogP) is 1.02. The summed E-state index contributed by atoms with van der Waals surface area (Å²) in [5.74, 6) is -0.351. The highest BCUT2D eigenvalue weighted by molar-refractivity contribution is 7.91. The molecule has 2 N–H and O–H groups in total. The van der Waals surface area contributed by atoms with Gasteiger partial charge in [-0.3, -0.25) is 9.59 Å². The monoisotopic (exact) mass is 318 g/mol. The number of hydrogen-bond donors (Lipinski definition) is 2. The summed E-state index contributed by atoms with van der Waals surface area (Å²) in [5.41, 5.74) is 0.641. The molecule has 7 heteroatoms. The fourth-order valence-electron chi connectivity index (χ4n) is 2.53. The van der Waals surface area contributed by atoms with Crippen molar-refractivity contribution in [2.75, 3.05) is 5.75 Å². The predicted molar refractivity (Wildman–Crippen MR) is 80.4 cm³/mol. The molecule has 3 rings (SSSR count). The van der Waals surface area contributed by atoms with E-state index in [-0.39, 0.29) is 28.2 Å². The van der Waals surface area contributed by atoms with E-state index in [2.05, 4.69) is 10.3 Å². The molecule has 2 aromatic rings. The molecule has 1 amide bonds. The number of H-pyrrole nitrogens is 1. The van der Waals surface area contributed by atoms with Gasteiger partial charge in [0.25, 0.3) is 5.91 Å². The van der Waals surface area contributed by atoms with Gasteiger partial charge in [-0.1, -0.05) is 18.2 Å². The van der Waals surface area contributed by atoms with Crippen LogP contribution in [-0.2, 0) is 9.84 Å². The zero-order valence-electron chi connectivity index (χ0n) is 11.6. The highest BCUT2D eigenvalue weighted by atomic mass is 32.2. The SMILES string of the molecule is O=C(N[C@@H]1CCS(=O)(=O)c2ccccc21)c1ccc(=O)[nH]c1. The molecule has 0 saturated carbocycles. The molecule has 22 heavy (non-hydrogen) atoms. The Bertz CT molecular complexity index is 866. The molecule has 0 saturated heterocycles. The number of hydrogen-bond acceptors (Lipinski definition) is 4. The molecule has 1 aliphatic heterocycles. The first-order valence-corrected chi connectivity index (χ1v) is 8.44. The minimum atomic E-state index is -3.28. The third-order valence-corrected chi connectivity index (χ3v) is 5.47. The van der Waals surface area contributed by atoms with Gasteiger partial charge in [0.2, 0.25) is 5.56 Å². The Morgan fingerprint density at radius 3 is 2.68 bits per heavy atom. The maximum atomic E-state index is 12.2. The Hall–Kier alpha value is -2.41. The van der Waals surface area contributed by atoms with Crippen LogP contribution in [0.3, 0.4) is 0 Å². The van der Waals surface area contributed by atoms with Crippen molar-refractivity contribution in [3.05, 3.63) is 64.1 Å². The second-order valence-electron chi connectivity index (χ2n) is 5.11. The zero-order valence-corrected chi connectivity index (χ0v) is 12.4. The van der Waals surface area contributed by atoms with Crippen molar-refractivity contribution >= 4 is 15.7 Å². The average Bonchev–Trinajstić information content (AvgIpc) is 2.51. The number of aromatic nitrogens is 1. The summed E-state index contributed by atoms with van der Waals surface area (Å²) < 4.78 is 24.1. The second-order valence-corrected chi connectivity index (χ2v) is 7.19. The van der Waals surface area contributed by atoms with Gasteiger partial charge in [-0.2, -0.15) is 0 Å². The molecular formula is C15H14N2O4S. The number of carbonyl (C=O) groups is 1. The highest BCUT2D eigenvalue weighted by Gasteiger charge is 2.30. The van der Waals surface area contributed by atoms with E-state index in [1.807, 2.05) is 0 Å². The Kier molecular flexibility index (Phi) is 3.58. The minimum absolute atomic E-state index is 0.000578. The Balaban J connectivity index is 1.89. The molecule has 6 nitrogen and oxygen atoms in total. The van der Waals surface area contributed by atoms with Crippen LogP contribution in [0.1, 0.15) is 28.4 Å². The number of pyridine rings is 1. The summed E-state index contributed by atoms with van der Waals surface area (Å²) in [6.45, 7) is 0. The van der Waals surface area contributed by atoms with Gasteiger partial charge in [-0.05, 0) is 24.1 Å². The lowest BCUT2D eigenvalue weighted by atomic mass is 10.0. The van der Waals surface area contributed by atoms with Crippen molar-refractivity contribution in [1.82, 2.24) is 10.3 Å². The number of carbonyl (C=O) groups excluding carboxylic acids is 1. The summed E-state index contributed by atoms with van der Waals surface area (Å²) in [7, 11) is -3.28. The summed E-state index contributed by atoms with van der Waals surface area (Å²) in [6, 6.07) is 9.03. The number of sulfone groups is 1. The average molecular weight is 318 g/mol. The van der Waals surface area contributed by atoms with E-state index in [0.717, 1.165) is 0 Å². The van der Waals surface area contributed by atoms with E-state index < -0.39 is 9.84 Å². The van der Waals surface area contributed by atoms with Crippen molar-refractivity contribution < 1.29 is 13.2 Å². The number of amides is 1. The van der Waals surface area contributed by atoms with Crippen molar-refractivity contribution in [3.8, 4) is 0 Å². The van der Waals surface area contributed by atoms with Crippen molar-refractivity contribution in [3.63, 3.8) is 0 Å². The van der Waals surface area contributed by atoms with E-state index in [4.69, 9.17) is 0 Å². The third kappa shape index (κ3) is 2.67. The molecule has 0 radical (unpaired) electrons. The van der Waals surface area contributed by atoms with Gasteiger partial charge < -0.3 is 10.3 Å². The van der Waals surface area contributed by atoms with Crippen LogP contribution < -0.4 is 10.9 Å². The van der Waals surface area contributed by atoms with Gasteiger partial charge in [-0.15, -0.1) is 0 Å². The summed E-state index contributed by atoms with van der Waals surface area (Å²) in [5, 5.41) is 2.82. The van der Waals surface area contributed by atoms with Crippen LogP contribution in [0.4, 0.5) is 0 Å². The molecule has 1 aromatic carbocycles. The van der Waals surface area contributed by atoms with Gasteiger partial charge in [0.05, 0.1) is 22.3 Å². The zero-order chi connectivity index (χ0) is 15.7. The fraction of sp³-hybridized carbons (Fsp3) is 0.200. The van der Waals surface area contributed by atoms with Gasteiger partial charge in [0.1, 0.15) is 0 Å². The maximum absolute atomic E-state index is 12.2. The largest absolute Gasteiger partial charge is 0.345 e. The molecular weight excluding hydrogens is 304 g/mol. The maximum Gasteiger partial charge on any atom is 0.253 e. The summed E-state index contributed by atoms with van der Waals surface area (Å²) >= 11 is 0. The van der Waals surface area contributed by atoms with Crippen LogP contribution in [0, 0.1) is 0 Å². The van der Waals surface area contributed by atoms with E-state index in [9.17, 15) is 18.0 Å². The van der Waals surface area contributed by atoms with Crippen LogP contribution in [-0.4, -0.2) is 25.1 Å². The highest BCUT2D eigenvalue weighted by Crippen LogP contribution is 2.31. The van der Waals surface area contributed by atoms with Gasteiger partial charge in [0, 0.05) is 12.3 Å². The number of benzene rings is 1. The molecule has 2 heterocycles. The van der Waals surface area contributed by atoms with E-state index in [1.165, 1.54) is 18.3 Å². The smallest absolute Gasteiger partial charge is 0.253 e. The lowest BCUT2D eigenvalue weighted by Gasteiger charge is -2.26. The molecule has 1 atom stereocenters. The second kappa shape index (κ2) is 5.42. The summed E-state index contributed by atoms with van der Waals surface area (Å²) in [6.07, 6.45) is 1.66. The first-order valence-electron chi connectivity index (χ1n) is 6.79. The topological polar surface area (TPSA) is 96.1 Å². The van der Waals surface area contributed by atoms with Gasteiger partial charge in [0.15, 0.2) is 9.84 Å². The molecule has 0 fully saturated rings. The van der Waals surface area contributed by atoms with Crippen LogP contribution in [0.15, 0.2) is 52.3 Å². The van der Waals surface area contributed by atoms with Crippen LogP contribution in [0.2, 0.25) is 0 Å². The number of aromatic amines is 1. The van der Waals surface area contributed by atoms with Gasteiger partial charge >= 0.3 is 0 Å². The molecule has 1 aliphatic rings. The van der Waals surface area contributed by atoms with E-state index in [0.29, 0.717) is 17.5 Å². The van der Waals surface area contributed by atoms with E-state index in [1.54, 1.807) is 24.3 Å². The van der Waals surface area contributed by atoms with Crippen molar-refractivity contribution in [2.45, 2.75) is 17.4 Å². The van der Waals surface area contributed by atoms with Crippen molar-refractivity contribution in [2.24, 2.45) is 0 Å². The Labute approximate surface area is 127 Å². The Morgan fingerprint density at radius 2 is 1.95 bits per heavy atom. The molecule has 0 spiro atoms. The van der Waals surface area contributed by atoms with Crippen LogP contribution >= 0.6 is 0 Å². The molecule has 0 unspecified atom stereocenters. The van der Waals surface area contributed by atoms with Crippen molar-refractivity contribution in [1.29, 1.82) is 0 Å². The molecule has 0 bridgehead atoms. The quantitative estimate of drug-likeness (QED) is 0.864. The van der Waals surface area contributed by atoms with E-state index >= 15 is 0 Å². The molecule has 0 aliphatic carbocycles. The lowest BCUT2D eigenvalue weighted by molar-refractivity contribution is 0.0934. The van der Waals surface area contributed by atoms with Crippen LogP contribution in [0.5, 0.6) is 0 Å². The lowest BCUT2D eigenvalue weighted by Crippen LogP contribution is -2.34.